The van der Waals surface area contributed by atoms with Crippen LogP contribution in [0.15, 0.2) is 30.3 Å². The van der Waals surface area contributed by atoms with Crippen molar-refractivity contribution in [3.05, 3.63) is 35.9 Å². The molecule has 4 heteroatoms. The monoisotopic (exact) mass is 218 g/mol. The molecule has 0 aliphatic carbocycles. The molecule has 1 aliphatic rings. The van der Waals surface area contributed by atoms with Crippen molar-refractivity contribution < 1.29 is 9.59 Å². The number of primary amides is 1. The molecule has 0 unspecified atom stereocenters. The van der Waals surface area contributed by atoms with E-state index in [1.165, 1.54) is 4.90 Å². The minimum atomic E-state index is -0.456. The van der Waals surface area contributed by atoms with Gasteiger partial charge in [0.05, 0.1) is 6.54 Å². The first-order chi connectivity index (χ1) is 7.66. The number of amides is 2. The normalized spacial score (nSPS) is 20.1. The minimum absolute atomic E-state index is 0.00709. The van der Waals surface area contributed by atoms with E-state index in [2.05, 4.69) is 0 Å². The molecule has 4 nitrogen and oxygen atoms in total. The zero-order chi connectivity index (χ0) is 11.5. The zero-order valence-corrected chi connectivity index (χ0v) is 8.93. The Morgan fingerprint density at radius 3 is 2.69 bits per heavy atom. The van der Waals surface area contributed by atoms with E-state index in [9.17, 15) is 9.59 Å². The number of likely N-dealkylation sites (tertiary alicyclic amines) is 1. The van der Waals surface area contributed by atoms with Crippen LogP contribution in [-0.4, -0.2) is 29.8 Å². The van der Waals surface area contributed by atoms with Crippen LogP contribution >= 0.6 is 0 Å². The molecule has 2 amide bonds. The van der Waals surface area contributed by atoms with Crippen molar-refractivity contribution in [1.29, 1.82) is 0 Å². The van der Waals surface area contributed by atoms with Gasteiger partial charge in [-0.3, -0.25) is 9.59 Å². The van der Waals surface area contributed by atoms with Crippen LogP contribution < -0.4 is 5.73 Å². The van der Waals surface area contributed by atoms with Gasteiger partial charge in [0.25, 0.3) is 0 Å². The Labute approximate surface area is 94.0 Å². The molecule has 1 saturated heterocycles. The number of carbonyl (C=O) groups is 2. The molecular formula is C12H14N2O2. The average Bonchev–Trinajstić information content (AvgIpc) is 2.61. The zero-order valence-electron chi connectivity index (χ0n) is 8.93. The Hall–Kier alpha value is -1.84. The molecular weight excluding hydrogens is 204 g/mol. The molecule has 1 aromatic rings. The van der Waals surface area contributed by atoms with Crippen LogP contribution in [0.3, 0.4) is 0 Å². The molecule has 1 aliphatic heterocycles. The SMILES string of the molecule is NC(=O)CN1C[C@@H](c2ccccc2)CC1=O. The van der Waals surface area contributed by atoms with Gasteiger partial charge in [0.15, 0.2) is 0 Å². The van der Waals surface area contributed by atoms with Gasteiger partial charge < -0.3 is 10.6 Å². The summed E-state index contributed by atoms with van der Waals surface area (Å²) >= 11 is 0. The van der Waals surface area contributed by atoms with Crippen molar-refractivity contribution in [2.75, 3.05) is 13.1 Å². The quantitative estimate of drug-likeness (QED) is 0.802. The van der Waals surface area contributed by atoms with Gasteiger partial charge in [-0.1, -0.05) is 30.3 Å². The Bertz CT molecular complexity index is 403. The van der Waals surface area contributed by atoms with Gasteiger partial charge >= 0.3 is 0 Å². The van der Waals surface area contributed by atoms with E-state index in [0.29, 0.717) is 13.0 Å². The maximum atomic E-state index is 11.6. The molecule has 0 aromatic heterocycles. The summed E-state index contributed by atoms with van der Waals surface area (Å²) in [6.45, 7) is 0.619. The van der Waals surface area contributed by atoms with Crippen molar-refractivity contribution in [1.82, 2.24) is 4.90 Å². The van der Waals surface area contributed by atoms with Crippen LogP contribution in [0.2, 0.25) is 0 Å². The highest BCUT2D eigenvalue weighted by atomic mass is 16.2. The summed E-state index contributed by atoms with van der Waals surface area (Å²) in [6.07, 6.45) is 0.470. The van der Waals surface area contributed by atoms with Crippen LogP contribution in [0.25, 0.3) is 0 Å². The van der Waals surface area contributed by atoms with Gasteiger partial charge in [-0.2, -0.15) is 0 Å². The Kier molecular flexibility index (Phi) is 2.90. The largest absolute Gasteiger partial charge is 0.368 e. The van der Waals surface area contributed by atoms with Gasteiger partial charge in [0.2, 0.25) is 11.8 Å². The van der Waals surface area contributed by atoms with Gasteiger partial charge in [-0.25, -0.2) is 0 Å². The number of rotatable bonds is 3. The van der Waals surface area contributed by atoms with Crippen molar-refractivity contribution in [2.24, 2.45) is 5.73 Å². The number of hydrogen-bond donors (Lipinski definition) is 1. The number of benzene rings is 1. The highest BCUT2D eigenvalue weighted by molar-refractivity contribution is 5.85. The molecule has 0 spiro atoms. The van der Waals surface area contributed by atoms with Crippen molar-refractivity contribution >= 4 is 11.8 Å². The molecule has 16 heavy (non-hydrogen) atoms. The predicted molar refractivity (Wildman–Crippen MR) is 59.6 cm³/mol. The number of nitrogens with zero attached hydrogens (tertiary/aromatic N) is 1. The second kappa shape index (κ2) is 4.35. The predicted octanol–water partition coefficient (Wildman–Crippen LogP) is 0.488. The molecule has 1 atom stereocenters. The maximum absolute atomic E-state index is 11.6. The lowest BCUT2D eigenvalue weighted by molar-refractivity contribution is -0.132. The average molecular weight is 218 g/mol. The lowest BCUT2D eigenvalue weighted by Gasteiger charge is -2.14. The smallest absolute Gasteiger partial charge is 0.237 e. The van der Waals surface area contributed by atoms with Crippen LogP contribution in [0.1, 0.15) is 17.9 Å². The Balaban J connectivity index is 2.07. The van der Waals surface area contributed by atoms with Gasteiger partial charge in [-0.05, 0) is 5.56 Å². The fourth-order valence-corrected chi connectivity index (χ4v) is 2.06. The molecule has 1 aromatic carbocycles. The van der Waals surface area contributed by atoms with Crippen molar-refractivity contribution in [2.45, 2.75) is 12.3 Å². The molecule has 84 valence electrons. The van der Waals surface area contributed by atoms with Gasteiger partial charge in [-0.15, -0.1) is 0 Å². The van der Waals surface area contributed by atoms with E-state index in [4.69, 9.17) is 5.73 Å². The Morgan fingerprint density at radius 2 is 2.06 bits per heavy atom. The third-order valence-electron chi connectivity index (χ3n) is 2.83. The summed E-state index contributed by atoms with van der Waals surface area (Å²) in [6, 6.07) is 9.87. The van der Waals surface area contributed by atoms with E-state index < -0.39 is 5.91 Å². The van der Waals surface area contributed by atoms with Crippen molar-refractivity contribution in [3.63, 3.8) is 0 Å². The lowest BCUT2D eigenvalue weighted by Crippen LogP contribution is -2.34. The first-order valence-electron chi connectivity index (χ1n) is 5.28. The van der Waals surface area contributed by atoms with Crippen LogP contribution in [0.5, 0.6) is 0 Å². The molecule has 0 saturated carbocycles. The minimum Gasteiger partial charge on any atom is -0.368 e. The Morgan fingerprint density at radius 1 is 1.38 bits per heavy atom. The highest BCUT2D eigenvalue weighted by Crippen LogP contribution is 2.27. The molecule has 2 rings (SSSR count). The third kappa shape index (κ3) is 2.21. The summed E-state index contributed by atoms with van der Waals surface area (Å²) in [7, 11) is 0. The van der Waals surface area contributed by atoms with E-state index in [1.807, 2.05) is 30.3 Å². The number of nitrogens with two attached hydrogens (primary N) is 1. The topological polar surface area (TPSA) is 63.4 Å². The molecule has 2 N–H and O–H groups in total. The molecule has 0 bridgehead atoms. The molecule has 1 heterocycles. The van der Waals surface area contributed by atoms with Crippen LogP contribution in [-0.2, 0) is 9.59 Å². The van der Waals surface area contributed by atoms with Crippen LogP contribution in [0, 0.1) is 0 Å². The highest BCUT2D eigenvalue weighted by Gasteiger charge is 2.30. The third-order valence-corrected chi connectivity index (χ3v) is 2.83. The standard InChI is InChI=1S/C12H14N2O2/c13-11(15)8-14-7-10(6-12(14)16)9-4-2-1-3-5-9/h1-5,10H,6-8H2,(H2,13,15)/t10-/m0/s1. The van der Waals surface area contributed by atoms with E-state index in [1.54, 1.807) is 0 Å². The van der Waals surface area contributed by atoms with E-state index in [0.717, 1.165) is 5.56 Å². The maximum Gasteiger partial charge on any atom is 0.237 e. The van der Waals surface area contributed by atoms with Gasteiger partial charge in [0, 0.05) is 18.9 Å². The number of carbonyl (C=O) groups excluding carboxylic acids is 2. The fourth-order valence-electron chi connectivity index (χ4n) is 2.06. The van der Waals surface area contributed by atoms with E-state index >= 15 is 0 Å². The molecule has 0 radical (unpaired) electrons. The number of hydrogen-bond acceptors (Lipinski definition) is 2. The second-order valence-electron chi connectivity index (χ2n) is 4.05. The van der Waals surface area contributed by atoms with Gasteiger partial charge in [0.1, 0.15) is 0 Å². The first-order valence-corrected chi connectivity index (χ1v) is 5.28. The summed E-state index contributed by atoms with van der Waals surface area (Å²) in [4.78, 5) is 23.9. The lowest BCUT2D eigenvalue weighted by atomic mass is 9.99. The fraction of sp³-hybridized carbons (Fsp3) is 0.333. The van der Waals surface area contributed by atoms with Crippen LogP contribution in [0.4, 0.5) is 0 Å². The summed E-state index contributed by atoms with van der Waals surface area (Å²) < 4.78 is 0. The molecule has 1 fully saturated rings. The first kappa shape index (κ1) is 10.7. The summed E-state index contributed by atoms with van der Waals surface area (Å²) in [5.41, 5.74) is 6.23. The van der Waals surface area contributed by atoms with Crippen molar-refractivity contribution in [3.8, 4) is 0 Å². The second-order valence-corrected chi connectivity index (χ2v) is 4.05. The summed E-state index contributed by atoms with van der Waals surface area (Å²) in [5, 5.41) is 0. The summed E-state index contributed by atoms with van der Waals surface area (Å²) in [5.74, 6) is -0.261. The van der Waals surface area contributed by atoms with E-state index in [-0.39, 0.29) is 18.4 Å².